The molecule has 78 valence electrons. The second-order valence-corrected chi connectivity index (χ2v) is 2.80. The van der Waals surface area contributed by atoms with Crippen molar-refractivity contribution < 1.29 is 4.74 Å². The number of hydrogen-bond acceptors (Lipinski definition) is 1. The molecule has 0 unspecified atom stereocenters. The summed E-state index contributed by atoms with van der Waals surface area (Å²) in [6.45, 7) is 9.73. The van der Waals surface area contributed by atoms with Crippen molar-refractivity contribution in [3.63, 3.8) is 0 Å². The van der Waals surface area contributed by atoms with Crippen LogP contribution in [0.1, 0.15) is 25.0 Å². The van der Waals surface area contributed by atoms with Crippen molar-refractivity contribution in [3.05, 3.63) is 42.0 Å². The molecule has 0 fully saturated rings. The molecular weight excluding hydrogens is 172 g/mol. The molecular formula is C13H20O. The van der Waals surface area contributed by atoms with Crippen LogP contribution in [0.3, 0.4) is 0 Å². The third-order valence-electron chi connectivity index (χ3n) is 1.85. The van der Waals surface area contributed by atoms with Gasteiger partial charge in [0.05, 0.1) is 7.11 Å². The van der Waals surface area contributed by atoms with Crippen LogP contribution in [0.5, 0.6) is 5.75 Å². The van der Waals surface area contributed by atoms with Crippen molar-refractivity contribution in [3.8, 4) is 5.75 Å². The number of hydrogen-bond donors (Lipinski definition) is 0. The number of benzene rings is 1. The minimum Gasteiger partial charge on any atom is -0.496 e. The topological polar surface area (TPSA) is 9.23 Å². The Balaban J connectivity index is 0.000000791. The summed E-state index contributed by atoms with van der Waals surface area (Å²) in [5.41, 5.74) is 2.41. The quantitative estimate of drug-likeness (QED) is 0.663. The number of rotatable bonds is 3. The highest BCUT2D eigenvalue weighted by atomic mass is 16.5. The lowest BCUT2D eigenvalue weighted by Gasteiger charge is -2.05. The maximum Gasteiger partial charge on any atom is 0.122 e. The Hall–Kier alpha value is -1.24. The molecule has 1 rings (SSSR count). The predicted molar refractivity (Wildman–Crippen MR) is 63.0 cm³/mol. The van der Waals surface area contributed by atoms with Crippen molar-refractivity contribution in [1.29, 1.82) is 0 Å². The average molecular weight is 192 g/mol. The van der Waals surface area contributed by atoms with E-state index in [0.29, 0.717) is 0 Å². The summed E-state index contributed by atoms with van der Waals surface area (Å²) in [6.07, 6.45) is 2.79. The molecule has 1 nitrogen and oxygen atoms in total. The highest BCUT2D eigenvalue weighted by Gasteiger charge is 1.97. The van der Waals surface area contributed by atoms with Crippen LogP contribution in [0.25, 0.3) is 0 Å². The van der Waals surface area contributed by atoms with E-state index in [2.05, 4.69) is 24.8 Å². The Morgan fingerprint density at radius 3 is 2.50 bits per heavy atom. The normalized spacial score (nSPS) is 8.57. The first-order chi connectivity index (χ1) is 6.77. The van der Waals surface area contributed by atoms with Crippen LogP contribution in [0.4, 0.5) is 0 Å². The third-order valence-corrected chi connectivity index (χ3v) is 1.85. The molecule has 1 heteroatoms. The molecule has 0 saturated carbocycles. The van der Waals surface area contributed by atoms with E-state index in [0.717, 1.165) is 12.2 Å². The maximum absolute atomic E-state index is 5.20. The molecule has 0 bridgehead atoms. The Morgan fingerprint density at radius 2 is 2.00 bits per heavy atom. The van der Waals surface area contributed by atoms with Crippen molar-refractivity contribution >= 4 is 0 Å². The molecule has 0 saturated heterocycles. The highest BCUT2D eigenvalue weighted by molar-refractivity contribution is 5.37. The first kappa shape index (κ1) is 12.8. The standard InChI is InChI=1S/C11H14O.C2H6/c1-4-5-10-7-6-9(2)11(8-10)12-3;1-2/h4,6-8H,1,5H2,2-3H3;1-2H3. The van der Waals surface area contributed by atoms with Crippen LogP contribution in [-0.4, -0.2) is 7.11 Å². The van der Waals surface area contributed by atoms with Gasteiger partial charge in [0.2, 0.25) is 0 Å². The van der Waals surface area contributed by atoms with Crippen molar-refractivity contribution in [2.24, 2.45) is 0 Å². The summed E-state index contributed by atoms with van der Waals surface area (Å²) in [7, 11) is 1.69. The molecule has 0 heterocycles. The molecule has 1 aromatic carbocycles. The van der Waals surface area contributed by atoms with Crippen molar-refractivity contribution in [2.45, 2.75) is 27.2 Å². The lowest BCUT2D eigenvalue weighted by atomic mass is 10.1. The molecule has 14 heavy (non-hydrogen) atoms. The summed E-state index contributed by atoms with van der Waals surface area (Å²) in [5.74, 6) is 0.953. The van der Waals surface area contributed by atoms with Gasteiger partial charge < -0.3 is 4.74 Å². The molecule has 0 N–H and O–H groups in total. The molecule has 0 aromatic heterocycles. The minimum absolute atomic E-state index is 0.899. The zero-order chi connectivity index (χ0) is 11.0. The number of methoxy groups -OCH3 is 1. The van der Waals surface area contributed by atoms with E-state index in [1.54, 1.807) is 7.11 Å². The summed E-state index contributed by atoms with van der Waals surface area (Å²) >= 11 is 0. The molecule has 0 radical (unpaired) electrons. The first-order valence-corrected chi connectivity index (χ1v) is 5.02. The molecule has 1 aromatic rings. The summed E-state index contributed by atoms with van der Waals surface area (Å²) in [5, 5.41) is 0. The molecule has 0 spiro atoms. The Kier molecular flexibility index (Phi) is 6.55. The lowest BCUT2D eigenvalue weighted by Crippen LogP contribution is -1.89. The second kappa shape index (κ2) is 7.19. The van der Waals surface area contributed by atoms with Gasteiger partial charge in [0.1, 0.15) is 5.75 Å². The van der Waals surface area contributed by atoms with Gasteiger partial charge in [-0.05, 0) is 30.5 Å². The predicted octanol–water partition coefficient (Wildman–Crippen LogP) is 3.76. The van der Waals surface area contributed by atoms with Gasteiger partial charge in [-0.2, -0.15) is 0 Å². The third kappa shape index (κ3) is 3.65. The molecule has 0 atom stereocenters. The van der Waals surface area contributed by atoms with Gasteiger partial charge in [-0.3, -0.25) is 0 Å². The van der Waals surface area contributed by atoms with E-state index in [9.17, 15) is 0 Å². The van der Waals surface area contributed by atoms with Gasteiger partial charge in [-0.1, -0.05) is 32.1 Å². The van der Waals surface area contributed by atoms with Crippen LogP contribution in [0, 0.1) is 6.92 Å². The van der Waals surface area contributed by atoms with E-state index in [1.165, 1.54) is 11.1 Å². The van der Waals surface area contributed by atoms with Crippen LogP contribution in [0.15, 0.2) is 30.9 Å². The van der Waals surface area contributed by atoms with E-state index in [4.69, 9.17) is 4.74 Å². The fraction of sp³-hybridized carbons (Fsp3) is 0.385. The van der Waals surface area contributed by atoms with E-state index in [1.807, 2.05) is 26.8 Å². The van der Waals surface area contributed by atoms with Gasteiger partial charge in [-0.25, -0.2) is 0 Å². The fourth-order valence-electron chi connectivity index (χ4n) is 1.16. The second-order valence-electron chi connectivity index (χ2n) is 2.80. The fourth-order valence-corrected chi connectivity index (χ4v) is 1.16. The average Bonchev–Trinajstić information content (AvgIpc) is 2.24. The van der Waals surface area contributed by atoms with Crippen molar-refractivity contribution in [2.75, 3.05) is 7.11 Å². The van der Waals surface area contributed by atoms with E-state index >= 15 is 0 Å². The Bertz CT molecular complexity index is 277. The van der Waals surface area contributed by atoms with Crippen LogP contribution in [-0.2, 0) is 6.42 Å². The molecule has 0 aliphatic carbocycles. The minimum atomic E-state index is 0.899. The lowest BCUT2D eigenvalue weighted by molar-refractivity contribution is 0.411. The smallest absolute Gasteiger partial charge is 0.122 e. The van der Waals surface area contributed by atoms with E-state index in [-0.39, 0.29) is 0 Å². The number of aryl methyl sites for hydroxylation is 1. The van der Waals surface area contributed by atoms with Gasteiger partial charge in [0.15, 0.2) is 0 Å². The summed E-state index contributed by atoms with van der Waals surface area (Å²) < 4.78 is 5.20. The first-order valence-electron chi connectivity index (χ1n) is 5.02. The Labute approximate surface area is 87.4 Å². The van der Waals surface area contributed by atoms with Gasteiger partial charge in [0, 0.05) is 0 Å². The van der Waals surface area contributed by atoms with Crippen molar-refractivity contribution in [1.82, 2.24) is 0 Å². The molecule has 0 amide bonds. The largest absolute Gasteiger partial charge is 0.496 e. The molecule has 0 aliphatic heterocycles. The highest BCUT2D eigenvalue weighted by Crippen LogP contribution is 2.19. The summed E-state index contributed by atoms with van der Waals surface area (Å²) in [6, 6.07) is 6.22. The van der Waals surface area contributed by atoms with E-state index < -0.39 is 0 Å². The van der Waals surface area contributed by atoms with Crippen LogP contribution >= 0.6 is 0 Å². The number of allylic oxidation sites excluding steroid dienone is 1. The zero-order valence-electron chi connectivity index (χ0n) is 9.63. The monoisotopic (exact) mass is 192 g/mol. The van der Waals surface area contributed by atoms with Gasteiger partial charge in [-0.15, -0.1) is 6.58 Å². The SMILES string of the molecule is C=CCc1ccc(C)c(OC)c1.CC. The van der Waals surface area contributed by atoms with Crippen LogP contribution < -0.4 is 4.74 Å². The van der Waals surface area contributed by atoms with Crippen LogP contribution in [0.2, 0.25) is 0 Å². The van der Waals surface area contributed by atoms with Gasteiger partial charge >= 0.3 is 0 Å². The zero-order valence-corrected chi connectivity index (χ0v) is 9.63. The number of ether oxygens (including phenoxy) is 1. The molecule has 0 aliphatic rings. The summed E-state index contributed by atoms with van der Waals surface area (Å²) in [4.78, 5) is 0. The Morgan fingerprint density at radius 1 is 1.36 bits per heavy atom. The van der Waals surface area contributed by atoms with Gasteiger partial charge in [0.25, 0.3) is 0 Å². The maximum atomic E-state index is 5.20.